The average molecular weight is 365 g/mol. The summed E-state index contributed by atoms with van der Waals surface area (Å²) in [7, 11) is 0. The van der Waals surface area contributed by atoms with Crippen LogP contribution in [-0.4, -0.2) is 5.71 Å². The van der Waals surface area contributed by atoms with Crippen LogP contribution in [0.1, 0.15) is 11.1 Å². The van der Waals surface area contributed by atoms with Crippen molar-refractivity contribution in [3.8, 4) is 0 Å². The summed E-state index contributed by atoms with van der Waals surface area (Å²) in [5.41, 5.74) is 2.86. The molecular weight excluding hydrogens is 348 g/mol. The molecule has 3 aromatic rings. The molecule has 0 aromatic heterocycles. The lowest BCUT2D eigenvalue weighted by Gasteiger charge is -2.05. The lowest BCUT2D eigenvalue weighted by molar-refractivity contribution is 0.625. The van der Waals surface area contributed by atoms with Gasteiger partial charge >= 0.3 is 0 Å². The molecule has 26 heavy (non-hydrogen) atoms. The predicted molar refractivity (Wildman–Crippen MR) is 105 cm³/mol. The Hall–Kier alpha value is -2.72. The summed E-state index contributed by atoms with van der Waals surface area (Å²) < 4.78 is 27.2. The van der Waals surface area contributed by atoms with Crippen LogP contribution in [0.3, 0.4) is 0 Å². The number of aryl methyl sites for hydroxylation is 1. The molecule has 0 aliphatic heterocycles. The van der Waals surface area contributed by atoms with Crippen molar-refractivity contribution in [1.29, 1.82) is 0 Å². The second-order valence-electron chi connectivity index (χ2n) is 5.69. The Labute approximate surface area is 156 Å². The Morgan fingerprint density at radius 3 is 2.27 bits per heavy atom. The third-order valence-corrected chi connectivity index (χ3v) is 4.49. The van der Waals surface area contributed by atoms with E-state index in [1.807, 2.05) is 36.6 Å². The first kappa shape index (κ1) is 18.1. The van der Waals surface area contributed by atoms with Crippen molar-refractivity contribution in [2.45, 2.75) is 11.8 Å². The molecule has 130 valence electrons. The molecule has 0 unspecified atom stereocenters. The van der Waals surface area contributed by atoms with Crippen molar-refractivity contribution in [3.05, 3.63) is 107 Å². The Balaban J connectivity index is 1.90. The molecule has 0 atom stereocenters. The molecule has 0 bridgehead atoms. The normalized spacial score (nSPS) is 11.9. The molecule has 0 saturated carbocycles. The smallest absolute Gasteiger partial charge is 0.132 e. The first-order chi connectivity index (χ1) is 12.6. The highest BCUT2D eigenvalue weighted by Gasteiger charge is 2.07. The molecule has 0 amide bonds. The summed E-state index contributed by atoms with van der Waals surface area (Å²) in [5, 5.41) is 1.83. The molecule has 0 aliphatic rings. The summed E-state index contributed by atoms with van der Waals surface area (Å²) in [6, 6.07) is 20.5. The minimum absolute atomic E-state index is 0.272. The van der Waals surface area contributed by atoms with Gasteiger partial charge in [0.1, 0.15) is 11.6 Å². The monoisotopic (exact) mass is 365 g/mol. The third kappa shape index (κ3) is 4.90. The number of rotatable bonds is 5. The van der Waals surface area contributed by atoms with Crippen LogP contribution in [0.2, 0.25) is 0 Å². The molecule has 3 rings (SSSR count). The number of benzene rings is 3. The highest BCUT2D eigenvalue weighted by atomic mass is 32.2. The van der Waals surface area contributed by atoms with Gasteiger partial charge in [0.25, 0.3) is 0 Å². The van der Waals surface area contributed by atoms with Gasteiger partial charge in [-0.25, -0.2) is 13.8 Å². The minimum Gasteiger partial charge on any atom is -0.248 e. The summed E-state index contributed by atoms with van der Waals surface area (Å²) >= 11 is 1.42. The third-order valence-electron chi connectivity index (χ3n) is 3.68. The number of thioether (sulfide) groups is 1. The van der Waals surface area contributed by atoms with Gasteiger partial charge in [0, 0.05) is 10.5 Å². The van der Waals surface area contributed by atoms with Gasteiger partial charge in [0.15, 0.2) is 0 Å². The van der Waals surface area contributed by atoms with Crippen molar-refractivity contribution in [3.63, 3.8) is 0 Å². The van der Waals surface area contributed by atoms with Gasteiger partial charge in [-0.3, -0.25) is 0 Å². The molecule has 0 heterocycles. The van der Waals surface area contributed by atoms with Crippen molar-refractivity contribution in [2.75, 3.05) is 0 Å². The fraction of sp³-hybridized carbons (Fsp3) is 0.0455. The fourth-order valence-corrected chi connectivity index (χ4v) is 2.95. The van der Waals surface area contributed by atoms with Gasteiger partial charge in [-0.1, -0.05) is 41.6 Å². The molecule has 0 N–H and O–H groups in total. The average Bonchev–Trinajstić information content (AvgIpc) is 2.65. The summed E-state index contributed by atoms with van der Waals surface area (Å²) in [4.78, 5) is 5.49. The van der Waals surface area contributed by atoms with E-state index in [0.717, 1.165) is 16.1 Å². The van der Waals surface area contributed by atoms with E-state index in [4.69, 9.17) is 0 Å². The first-order valence-electron chi connectivity index (χ1n) is 8.11. The van der Waals surface area contributed by atoms with Crippen LogP contribution >= 0.6 is 11.8 Å². The largest absolute Gasteiger partial charge is 0.248 e. The second-order valence-corrected chi connectivity index (χ2v) is 6.67. The quantitative estimate of drug-likeness (QED) is 0.362. The summed E-state index contributed by atoms with van der Waals surface area (Å²) in [5.74, 6) is -0.596. The molecule has 0 radical (unpaired) electrons. The zero-order valence-electron chi connectivity index (χ0n) is 14.2. The van der Waals surface area contributed by atoms with E-state index < -0.39 is 0 Å². The molecule has 1 nitrogen and oxygen atoms in total. The second kappa shape index (κ2) is 8.59. The Morgan fingerprint density at radius 1 is 0.885 bits per heavy atom. The molecule has 0 aliphatic carbocycles. The molecule has 0 saturated heterocycles. The van der Waals surface area contributed by atoms with E-state index in [0.29, 0.717) is 11.3 Å². The zero-order valence-corrected chi connectivity index (χ0v) is 15.0. The highest BCUT2D eigenvalue weighted by Crippen LogP contribution is 2.22. The number of halogens is 2. The maximum Gasteiger partial charge on any atom is 0.132 e. The Bertz CT molecular complexity index is 929. The van der Waals surface area contributed by atoms with Crippen molar-refractivity contribution in [2.24, 2.45) is 4.99 Å². The number of hydrogen-bond acceptors (Lipinski definition) is 2. The Morgan fingerprint density at radius 2 is 1.58 bits per heavy atom. The van der Waals surface area contributed by atoms with Crippen LogP contribution in [0.4, 0.5) is 14.5 Å². The van der Waals surface area contributed by atoms with Gasteiger partial charge in [-0.05, 0) is 66.9 Å². The number of hydrogen-bond donors (Lipinski definition) is 0. The lowest BCUT2D eigenvalue weighted by Crippen LogP contribution is -1.99. The van der Waals surface area contributed by atoms with Crippen LogP contribution in [0.15, 0.2) is 94.2 Å². The SMILES string of the molecule is Cc1ccc(N=C(C=CSc2ccc(F)cc2)c2ccccc2F)cc1. The van der Waals surface area contributed by atoms with E-state index in [-0.39, 0.29) is 11.6 Å². The van der Waals surface area contributed by atoms with Crippen molar-refractivity contribution in [1.82, 2.24) is 0 Å². The van der Waals surface area contributed by atoms with Crippen LogP contribution in [0.5, 0.6) is 0 Å². The van der Waals surface area contributed by atoms with Gasteiger partial charge in [0.05, 0.1) is 11.4 Å². The topological polar surface area (TPSA) is 12.4 Å². The number of aliphatic imine (C=N–C) groups is 1. The van der Waals surface area contributed by atoms with Crippen LogP contribution in [0, 0.1) is 18.6 Å². The number of allylic oxidation sites excluding steroid dienone is 1. The van der Waals surface area contributed by atoms with E-state index in [1.54, 1.807) is 36.4 Å². The van der Waals surface area contributed by atoms with Crippen LogP contribution in [0.25, 0.3) is 0 Å². The van der Waals surface area contributed by atoms with E-state index in [2.05, 4.69) is 4.99 Å². The van der Waals surface area contributed by atoms with E-state index in [1.165, 1.54) is 30.0 Å². The van der Waals surface area contributed by atoms with E-state index in [9.17, 15) is 8.78 Å². The van der Waals surface area contributed by atoms with Gasteiger partial charge in [0.2, 0.25) is 0 Å². The maximum atomic E-state index is 14.2. The molecule has 0 spiro atoms. The molecule has 4 heteroatoms. The first-order valence-corrected chi connectivity index (χ1v) is 8.99. The zero-order chi connectivity index (χ0) is 18.4. The number of nitrogens with zero attached hydrogens (tertiary/aromatic N) is 1. The summed E-state index contributed by atoms with van der Waals surface area (Å²) in [6.07, 6.45) is 1.77. The summed E-state index contributed by atoms with van der Waals surface area (Å²) in [6.45, 7) is 2.00. The minimum atomic E-state index is -0.324. The predicted octanol–water partition coefficient (Wildman–Crippen LogP) is 6.70. The molecule has 0 fully saturated rings. The fourth-order valence-electron chi connectivity index (χ4n) is 2.30. The Kier molecular flexibility index (Phi) is 5.97. The van der Waals surface area contributed by atoms with Crippen LogP contribution in [-0.2, 0) is 0 Å². The molecular formula is C22H17F2NS. The van der Waals surface area contributed by atoms with Crippen molar-refractivity contribution < 1.29 is 8.78 Å². The maximum absolute atomic E-state index is 14.2. The van der Waals surface area contributed by atoms with E-state index >= 15 is 0 Å². The standard InChI is InChI=1S/C22H17F2NS/c1-16-6-10-18(11-7-16)25-22(20-4-2-3-5-21(20)24)14-15-26-19-12-8-17(23)9-13-19/h2-15H,1H3. The lowest BCUT2D eigenvalue weighted by atomic mass is 10.1. The highest BCUT2D eigenvalue weighted by molar-refractivity contribution is 8.02. The van der Waals surface area contributed by atoms with Crippen molar-refractivity contribution >= 4 is 23.2 Å². The van der Waals surface area contributed by atoms with Gasteiger partial charge < -0.3 is 0 Å². The van der Waals surface area contributed by atoms with Gasteiger partial charge in [-0.2, -0.15) is 0 Å². The molecule has 3 aromatic carbocycles. The van der Waals surface area contributed by atoms with Crippen LogP contribution < -0.4 is 0 Å². The van der Waals surface area contributed by atoms with Gasteiger partial charge in [-0.15, -0.1) is 0 Å².